The van der Waals surface area contributed by atoms with Crippen molar-refractivity contribution in [3.05, 3.63) is 30.3 Å². The van der Waals surface area contributed by atoms with Crippen LogP contribution >= 0.6 is 0 Å². The second-order valence-electron chi connectivity index (χ2n) is 5.54. The van der Waals surface area contributed by atoms with Gasteiger partial charge in [-0.2, -0.15) is 0 Å². The van der Waals surface area contributed by atoms with E-state index in [4.69, 9.17) is 0 Å². The molecule has 0 heterocycles. The number of carbonyl (C=O) groups is 1. The summed E-state index contributed by atoms with van der Waals surface area (Å²) in [6.07, 6.45) is 10.3. The van der Waals surface area contributed by atoms with Crippen LogP contribution in [0.3, 0.4) is 0 Å². The Labute approximate surface area is 129 Å². The highest BCUT2D eigenvalue weighted by molar-refractivity contribution is 5.80. The van der Waals surface area contributed by atoms with E-state index in [1.807, 2.05) is 30.3 Å². The van der Waals surface area contributed by atoms with Crippen molar-refractivity contribution in [2.24, 2.45) is 0 Å². The molecule has 1 aromatic rings. The number of hydrogen-bond acceptors (Lipinski definition) is 2. The first-order valence-corrected chi connectivity index (χ1v) is 8.38. The molecule has 2 N–H and O–H groups in total. The Hall–Kier alpha value is -1.51. The van der Waals surface area contributed by atoms with Crippen molar-refractivity contribution in [3.63, 3.8) is 0 Å². The van der Waals surface area contributed by atoms with E-state index >= 15 is 0 Å². The van der Waals surface area contributed by atoms with Crippen molar-refractivity contribution in [2.75, 3.05) is 18.4 Å². The van der Waals surface area contributed by atoms with Gasteiger partial charge in [0.05, 0.1) is 6.54 Å². The third kappa shape index (κ3) is 9.94. The van der Waals surface area contributed by atoms with E-state index in [1.54, 1.807) is 0 Å². The molecule has 0 saturated heterocycles. The standard InChI is InChI=1S/C18H30N2O/c1-2-3-4-5-6-7-8-12-15-19-18(21)16-20-17-13-10-9-11-14-17/h9-11,13-14,20H,2-8,12,15-16H2,1H3,(H,19,21). The number of amides is 1. The van der Waals surface area contributed by atoms with Gasteiger partial charge in [-0.3, -0.25) is 4.79 Å². The van der Waals surface area contributed by atoms with Crippen molar-refractivity contribution >= 4 is 11.6 Å². The minimum Gasteiger partial charge on any atom is -0.376 e. The molecule has 0 aliphatic carbocycles. The molecule has 0 saturated carbocycles. The second-order valence-corrected chi connectivity index (χ2v) is 5.54. The van der Waals surface area contributed by atoms with Gasteiger partial charge in [0.1, 0.15) is 0 Å². The van der Waals surface area contributed by atoms with Gasteiger partial charge in [-0.15, -0.1) is 0 Å². The summed E-state index contributed by atoms with van der Waals surface area (Å²) < 4.78 is 0. The molecule has 0 radical (unpaired) electrons. The molecule has 118 valence electrons. The molecule has 21 heavy (non-hydrogen) atoms. The van der Waals surface area contributed by atoms with E-state index in [0.29, 0.717) is 6.54 Å². The van der Waals surface area contributed by atoms with Gasteiger partial charge >= 0.3 is 0 Å². The summed E-state index contributed by atoms with van der Waals surface area (Å²) in [6.45, 7) is 3.39. The topological polar surface area (TPSA) is 41.1 Å². The summed E-state index contributed by atoms with van der Waals surface area (Å²) in [4.78, 5) is 11.6. The average Bonchev–Trinajstić information content (AvgIpc) is 2.52. The van der Waals surface area contributed by atoms with E-state index < -0.39 is 0 Å². The smallest absolute Gasteiger partial charge is 0.239 e. The third-order valence-electron chi connectivity index (χ3n) is 3.58. The second kappa shape index (κ2) is 12.2. The minimum absolute atomic E-state index is 0.0711. The molecule has 0 aliphatic rings. The number of hydrogen-bond donors (Lipinski definition) is 2. The van der Waals surface area contributed by atoms with Crippen LogP contribution in [-0.2, 0) is 4.79 Å². The zero-order valence-corrected chi connectivity index (χ0v) is 13.4. The monoisotopic (exact) mass is 290 g/mol. The maximum Gasteiger partial charge on any atom is 0.239 e. The SMILES string of the molecule is CCCCCCCCCCNC(=O)CNc1ccccc1. The Morgan fingerprint density at radius 3 is 2.19 bits per heavy atom. The molecule has 3 nitrogen and oxygen atoms in total. The van der Waals surface area contributed by atoms with Crippen molar-refractivity contribution in [2.45, 2.75) is 58.3 Å². The number of benzene rings is 1. The summed E-state index contributed by atoms with van der Waals surface area (Å²) >= 11 is 0. The van der Waals surface area contributed by atoms with Crippen molar-refractivity contribution in [3.8, 4) is 0 Å². The predicted octanol–water partition coefficient (Wildman–Crippen LogP) is 4.36. The van der Waals surface area contributed by atoms with Crippen molar-refractivity contribution < 1.29 is 4.79 Å². The molecule has 0 fully saturated rings. The highest BCUT2D eigenvalue weighted by Crippen LogP contribution is 2.08. The fourth-order valence-electron chi connectivity index (χ4n) is 2.29. The molecule has 0 aliphatic heterocycles. The Kier molecular flexibility index (Phi) is 10.2. The first kappa shape index (κ1) is 17.5. The summed E-state index contributed by atoms with van der Waals surface area (Å²) in [7, 11) is 0. The molecule has 1 aromatic carbocycles. The number of unbranched alkanes of at least 4 members (excludes halogenated alkanes) is 7. The summed E-state index contributed by atoms with van der Waals surface area (Å²) in [5.74, 6) is 0.0711. The first-order valence-electron chi connectivity index (χ1n) is 8.38. The van der Waals surface area contributed by atoms with E-state index in [1.165, 1.54) is 44.9 Å². The number of carbonyl (C=O) groups excluding carboxylic acids is 1. The molecule has 1 rings (SSSR count). The van der Waals surface area contributed by atoms with E-state index in [0.717, 1.165) is 18.7 Å². The van der Waals surface area contributed by atoms with Gasteiger partial charge in [-0.1, -0.05) is 70.1 Å². The quantitative estimate of drug-likeness (QED) is 0.562. The lowest BCUT2D eigenvalue weighted by Crippen LogP contribution is -2.30. The van der Waals surface area contributed by atoms with Crippen LogP contribution in [0.15, 0.2) is 30.3 Å². The first-order chi connectivity index (χ1) is 10.3. The minimum atomic E-state index is 0.0711. The number of anilines is 1. The average molecular weight is 290 g/mol. The summed E-state index contributed by atoms with van der Waals surface area (Å²) in [5, 5.41) is 6.08. The highest BCUT2D eigenvalue weighted by atomic mass is 16.1. The van der Waals surface area contributed by atoms with Crippen LogP contribution < -0.4 is 10.6 Å². The Balaban J connectivity index is 1.89. The molecule has 0 bridgehead atoms. The van der Waals surface area contributed by atoms with Gasteiger partial charge in [0, 0.05) is 12.2 Å². The normalized spacial score (nSPS) is 10.3. The van der Waals surface area contributed by atoms with Crippen LogP contribution in [0.25, 0.3) is 0 Å². The fraction of sp³-hybridized carbons (Fsp3) is 0.611. The number of para-hydroxylation sites is 1. The predicted molar refractivity (Wildman–Crippen MR) is 90.6 cm³/mol. The molecule has 1 amide bonds. The lowest BCUT2D eigenvalue weighted by Gasteiger charge is -2.07. The van der Waals surface area contributed by atoms with E-state index in [-0.39, 0.29) is 5.91 Å². The molecular formula is C18H30N2O. The molecule has 3 heteroatoms. The van der Waals surface area contributed by atoms with Crippen molar-refractivity contribution in [1.82, 2.24) is 5.32 Å². The third-order valence-corrected chi connectivity index (χ3v) is 3.58. The van der Waals surface area contributed by atoms with E-state index in [2.05, 4.69) is 17.6 Å². The zero-order valence-electron chi connectivity index (χ0n) is 13.4. The van der Waals surface area contributed by atoms with Gasteiger partial charge < -0.3 is 10.6 Å². The molecule has 0 atom stereocenters. The zero-order chi connectivity index (χ0) is 15.2. The van der Waals surface area contributed by atoms with Crippen LogP contribution in [0.2, 0.25) is 0 Å². The van der Waals surface area contributed by atoms with Crippen LogP contribution in [0.4, 0.5) is 5.69 Å². The molecule has 0 unspecified atom stereocenters. The van der Waals surface area contributed by atoms with Crippen LogP contribution in [0.1, 0.15) is 58.3 Å². The van der Waals surface area contributed by atoms with Crippen molar-refractivity contribution in [1.29, 1.82) is 0 Å². The van der Waals surface area contributed by atoms with Gasteiger partial charge in [0.15, 0.2) is 0 Å². The molecular weight excluding hydrogens is 260 g/mol. The number of rotatable bonds is 12. The largest absolute Gasteiger partial charge is 0.376 e. The van der Waals surface area contributed by atoms with Crippen LogP contribution in [0.5, 0.6) is 0 Å². The Bertz CT molecular complexity index is 365. The van der Waals surface area contributed by atoms with Gasteiger partial charge in [-0.05, 0) is 18.6 Å². The van der Waals surface area contributed by atoms with Crippen LogP contribution in [-0.4, -0.2) is 19.0 Å². The Morgan fingerprint density at radius 2 is 1.52 bits per heavy atom. The fourth-order valence-corrected chi connectivity index (χ4v) is 2.29. The molecule has 0 spiro atoms. The summed E-state index contributed by atoms with van der Waals surface area (Å²) in [5.41, 5.74) is 0.986. The molecule has 0 aromatic heterocycles. The highest BCUT2D eigenvalue weighted by Gasteiger charge is 1.99. The van der Waals surface area contributed by atoms with E-state index in [9.17, 15) is 4.79 Å². The maximum absolute atomic E-state index is 11.6. The van der Waals surface area contributed by atoms with Gasteiger partial charge in [0.25, 0.3) is 0 Å². The number of nitrogens with one attached hydrogen (secondary N) is 2. The Morgan fingerprint density at radius 1 is 0.905 bits per heavy atom. The van der Waals surface area contributed by atoms with Gasteiger partial charge in [0.2, 0.25) is 5.91 Å². The lowest BCUT2D eigenvalue weighted by molar-refractivity contribution is -0.119. The lowest BCUT2D eigenvalue weighted by atomic mass is 10.1. The summed E-state index contributed by atoms with van der Waals surface area (Å²) in [6, 6.07) is 9.81. The van der Waals surface area contributed by atoms with Crippen LogP contribution in [0, 0.1) is 0 Å². The van der Waals surface area contributed by atoms with Gasteiger partial charge in [-0.25, -0.2) is 0 Å². The maximum atomic E-state index is 11.6.